The molecule has 1 rings (SSSR count). The number of carbonyl (C=O) groups excluding carboxylic acids is 1. The first-order valence-corrected chi connectivity index (χ1v) is 7.37. The molecule has 1 aromatic carbocycles. The molecule has 0 aliphatic carbocycles. The Morgan fingerprint density at radius 3 is 2.68 bits per heavy atom. The van der Waals surface area contributed by atoms with E-state index in [-0.39, 0.29) is 5.82 Å². The summed E-state index contributed by atoms with van der Waals surface area (Å²) in [5.41, 5.74) is 0.220. The van der Waals surface area contributed by atoms with Gasteiger partial charge in [0.25, 0.3) is 0 Å². The van der Waals surface area contributed by atoms with E-state index in [2.05, 4.69) is 5.32 Å². The van der Waals surface area contributed by atoms with Gasteiger partial charge in [0.15, 0.2) is 0 Å². The van der Waals surface area contributed by atoms with Crippen molar-refractivity contribution >= 4 is 12.2 Å². The van der Waals surface area contributed by atoms with E-state index in [1.807, 2.05) is 33.8 Å². The van der Waals surface area contributed by atoms with Gasteiger partial charge in [0, 0.05) is 12.6 Å². The lowest BCUT2D eigenvalue weighted by Crippen LogP contribution is -2.32. The van der Waals surface area contributed by atoms with Crippen LogP contribution in [0.2, 0.25) is 0 Å². The zero-order valence-corrected chi connectivity index (χ0v) is 13.6. The van der Waals surface area contributed by atoms with Crippen molar-refractivity contribution in [1.82, 2.24) is 5.32 Å². The van der Waals surface area contributed by atoms with Gasteiger partial charge in [0.05, 0.1) is 6.61 Å². The number of halogens is 1. The van der Waals surface area contributed by atoms with Crippen molar-refractivity contribution in [2.24, 2.45) is 0 Å². The van der Waals surface area contributed by atoms with Gasteiger partial charge < -0.3 is 14.8 Å². The van der Waals surface area contributed by atoms with E-state index >= 15 is 0 Å². The van der Waals surface area contributed by atoms with E-state index in [0.29, 0.717) is 25.3 Å². The molecule has 0 atom stereocenters. The zero-order valence-electron chi connectivity index (χ0n) is 13.6. The quantitative estimate of drug-likeness (QED) is 0.803. The highest BCUT2D eigenvalue weighted by molar-refractivity contribution is 5.67. The van der Waals surface area contributed by atoms with Crippen molar-refractivity contribution in [2.75, 3.05) is 13.2 Å². The topological polar surface area (TPSA) is 47.6 Å². The number of amides is 1. The number of hydrogen-bond acceptors (Lipinski definition) is 3. The number of ether oxygens (including phenoxy) is 2. The molecule has 0 radical (unpaired) electrons. The third kappa shape index (κ3) is 7.67. The third-order valence-electron chi connectivity index (χ3n) is 2.49. The molecule has 0 unspecified atom stereocenters. The molecule has 1 amide bonds. The number of nitrogens with one attached hydrogen (secondary N) is 1. The SMILES string of the molecule is CCOc1cc(F)cc(C=CCCNC(=O)OC(C)(C)C)c1. The largest absolute Gasteiger partial charge is 0.494 e. The maximum atomic E-state index is 13.4. The van der Waals surface area contributed by atoms with Crippen molar-refractivity contribution in [3.8, 4) is 5.75 Å². The van der Waals surface area contributed by atoms with Crippen LogP contribution in [0.15, 0.2) is 24.3 Å². The Hall–Kier alpha value is -2.04. The third-order valence-corrected chi connectivity index (χ3v) is 2.49. The van der Waals surface area contributed by atoms with E-state index in [4.69, 9.17) is 9.47 Å². The first-order chi connectivity index (χ1) is 10.3. The second kappa shape index (κ2) is 8.41. The van der Waals surface area contributed by atoms with Gasteiger partial charge in [-0.15, -0.1) is 0 Å². The summed E-state index contributed by atoms with van der Waals surface area (Å²) in [4.78, 5) is 11.4. The lowest BCUT2D eigenvalue weighted by atomic mass is 10.2. The molecule has 0 aromatic heterocycles. The van der Waals surface area contributed by atoms with Gasteiger partial charge in [-0.2, -0.15) is 0 Å². The molecule has 122 valence electrons. The Kier molecular flexibility index (Phi) is 6.89. The van der Waals surface area contributed by atoms with Crippen LogP contribution in [0.3, 0.4) is 0 Å². The van der Waals surface area contributed by atoms with Gasteiger partial charge >= 0.3 is 6.09 Å². The Morgan fingerprint density at radius 2 is 2.05 bits per heavy atom. The van der Waals surface area contributed by atoms with Crippen LogP contribution in [-0.4, -0.2) is 24.8 Å². The predicted molar refractivity (Wildman–Crippen MR) is 85.5 cm³/mol. The van der Waals surface area contributed by atoms with E-state index in [0.717, 1.165) is 5.56 Å². The minimum atomic E-state index is -0.503. The highest BCUT2D eigenvalue weighted by Crippen LogP contribution is 2.17. The number of alkyl carbamates (subject to hydrolysis) is 1. The summed E-state index contributed by atoms with van der Waals surface area (Å²) in [6.45, 7) is 8.24. The molecule has 22 heavy (non-hydrogen) atoms. The normalized spacial score (nSPS) is 11.5. The maximum absolute atomic E-state index is 13.4. The summed E-state index contributed by atoms with van der Waals surface area (Å²) in [5.74, 6) is 0.173. The molecular formula is C17H24FNO3. The summed E-state index contributed by atoms with van der Waals surface area (Å²) in [5, 5.41) is 2.66. The van der Waals surface area contributed by atoms with Gasteiger partial charge in [-0.05, 0) is 51.8 Å². The van der Waals surface area contributed by atoms with E-state index in [9.17, 15) is 9.18 Å². The molecule has 4 nitrogen and oxygen atoms in total. The molecule has 0 fully saturated rings. The Morgan fingerprint density at radius 1 is 1.32 bits per heavy atom. The van der Waals surface area contributed by atoms with Crippen molar-refractivity contribution in [3.05, 3.63) is 35.7 Å². The molecular weight excluding hydrogens is 285 g/mol. The summed E-state index contributed by atoms with van der Waals surface area (Å²) >= 11 is 0. The Bertz CT molecular complexity index is 521. The van der Waals surface area contributed by atoms with Gasteiger partial charge in [0.1, 0.15) is 17.2 Å². The van der Waals surface area contributed by atoms with Crippen LogP contribution in [0.4, 0.5) is 9.18 Å². The average molecular weight is 309 g/mol. The molecule has 1 aromatic rings. The number of rotatable bonds is 6. The van der Waals surface area contributed by atoms with Crippen molar-refractivity contribution < 1.29 is 18.7 Å². The lowest BCUT2D eigenvalue weighted by Gasteiger charge is -2.19. The molecule has 0 heterocycles. The summed E-state index contributed by atoms with van der Waals surface area (Å²) < 4.78 is 23.8. The Labute approximate surface area is 131 Å². The monoisotopic (exact) mass is 309 g/mol. The fourth-order valence-electron chi connectivity index (χ4n) is 1.72. The average Bonchev–Trinajstić information content (AvgIpc) is 2.36. The predicted octanol–water partition coefficient (Wildman–Crippen LogP) is 4.15. The number of hydrogen-bond donors (Lipinski definition) is 1. The maximum Gasteiger partial charge on any atom is 0.407 e. The minimum Gasteiger partial charge on any atom is -0.494 e. The molecule has 0 aliphatic rings. The summed E-state index contributed by atoms with van der Waals surface area (Å²) in [7, 11) is 0. The first kappa shape index (κ1) is 18.0. The number of benzene rings is 1. The van der Waals surface area contributed by atoms with Gasteiger partial charge in [-0.25, -0.2) is 9.18 Å². The zero-order chi connectivity index (χ0) is 16.6. The van der Waals surface area contributed by atoms with Crippen LogP contribution in [0.1, 0.15) is 39.7 Å². The van der Waals surface area contributed by atoms with Crippen LogP contribution >= 0.6 is 0 Å². The van der Waals surface area contributed by atoms with E-state index in [1.54, 1.807) is 12.1 Å². The van der Waals surface area contributed by atoms with Gasteiger partial charge in [-0.1, -0.05) is 12.2 Å². The fourth-order valence-corrected chi connectivity index (χ4v) is 1.72. The lowest BCUT2D eigenvalue weighted by molar-refractivity contribution is 0.0529. The molecule has 0 saturated carbocycles. The van der Waals surface area contributed by atoms with Crippen LogP contribution in [-0.2, 0) is 4.74 Å². The van der Waals surface area contributed by atoms with Crippen LogP contribution < -0.4 is 10.1 Å². The second-order valence-corrected chi connectivity index (χ2v) is 5.77. The number of carbonyl (C=O) groups is 1. The van der Waals surface area contributed by atoms with E-state index in [1.165, 1.54) is 12.1 Å². The molecule has 1 N–H and O–H groups in total. The van der Waals surface area contributed by atoms with Gasteiger partial charge in [0.2, 0.25) is 0 Å². The minimum absolute atomic E-state index is 0.336. The highest BCUT2D eigenvalue weighted by atomic mass is 19.1. The summed E-state index contributed by atoms with van der Waals surface area (Å²) in [6.07, 6.45) is 3.84. The van der Waals surface area contributed by atoms with Crippen LogP contribution in [0, 0.1) is 5.82 Å². The molecule has 0 spiro atoms. The van der Waals surface area contributed by atoms with E-state index < -0.39 is 11.7 Å². The van der Waals surface area contributed by atoms with Crippen molar-refractivity contribution in [3.63, 3.8) is 0 Å². The first-order valence-electron chi connectivity index (χ1n) is 7.37. The van der Waals surface area contributed by atoms with Crippen molar-refractivity contribution in [2.45, 2.75) is 39.7 Å². The molecule has 5 heteroatoms. The fraction of sp³-hybridized carbons (Fsp3) is 0.471. The highest BCUT2D eigenvalue weighted by Gasteiger charge is 2.15. The van der Waals surface area contributed by atoms with Crippen LogP contribution in [0.5, 0.6) is 5.75 Å². The second-order valence-electron chi connectivity index (χ2n) is 5.77. The van der Waals surface area contributed by atoms with Crippen molar-refractivity contribution in [1.29, 1.82) is 0 Å². The molecule has 0 aliphatic heterocycles. The Balaban J connectivity index is 2.41. The molecule has 0 bridgehead atoms. The standard InChI is InChI=1S/C17H24FNO3/c1-5-21-15-11-13(10-14(18)12-15)8-6-7-9-19-16(20)22-17(2,3)4/h6,8,10-12H,5,7,9H2,1-4H3,(H,19,20). The van der Waals surface area contributed by atoms with Crippen LogP contribution in [0.25, 0.3) is 6.08 Å². The smallest absolute Gasteiger partial charge is 0.407 e. The molecule has 0 saturated heterocycles. The summed E-state index contributed by atoms with van der Waals surface area (Å²) in [6, 6.07) is 4.55. The van der Waals surface area contributed by atoms with Gasteiger partial charge in [-0.3, -0.25) is 0 Å².